The van der Waals surface area contributed by atoms with Gasteiger partial charge in [0.1, 0.15) is 33.3 Å². The van der Waals surface area contributed by atoms with Crippen LogP contribution in [0.4, 0.5) is 26.8 Å². The van der Waals surface area contributed by atoms with E-state index in [9.17, 15) is 9.18 Å². The molecule has 4 heterocycles. The Balaban J connectivity index is 1.46. The molecule has 170 valence electrons. The fraction of sp³-hybridized carbons (Fsp3) is 0.400. The Kier molecular flexibility index (Phi) is 7.19. The van der Waals surface area contributed by atoms with E-state index in [1.165, 1.54) is 28.9 Å². The van der Waals surface area contributed by atoms with Crippen molar-refractivity contribution in [2.24, 2.45) is 0 Å². The number of nitrogens with zero attached hydrogens (tertiary/aromatic N) is 5. The Hall–Kier alpha value is -2.34. The van der Waals surface area contributed by atoms with Gasteiger partial charge in [-0.05, 0) is 26.9 Å². The number of carbonyl (C=O) groups is 1. The van der Waals surface area contributed by atoms with Crippen molar-refractivity contribution in [3.8, 4) is 0 Å². The lowest BCUT2D eigenvalue weighted by molar-refractivity contribution is 0.103. The molecule has 4 rings (SSSR count). The zero-order chi connectivity index (χ0) is 22.7. The first-order valence-electron chi connectivity index (χ1n) is 10.1. The molecular weight excluding hydrogens is 473 g/mol. The van der Waals surface area contributed by atoms with Crippen molar-refractivity contribution < 1.29 is 9.18 Å². The van der Waals surface area contributed by atoms with Gasteiger partial charge in [-0.3, -0.25) is 4.79 Å². The highest BCUT2D eigenvalue weighted by atomic mass is 35.5. The van der Waals surface area contributed by atoms with Crippen molar-refractivity contribution in [2.45, 2.75) is 20.0 Å². The number of hydrogen-bond acceptors (Lipinski definition) is 9. The van der Waals surface area contributed by atoms with Gasteiger partial charge in [0.15, 0.2) is 5.13 Å². The maximum Gasteiger partial charge on any atom is 0.267 e. The number of thiophene rings is 1. The maximum absolute atomic E-state index is 13.1. The van der Waals surface area contributed by atoms with Gasteiger partial charge >= 0.3 is 0 Å². The number of halogens is 2. The SMILES string of the molecule is Cc1nc(Nc2ncc(C(=O)Nc3c(CF)csc3Cl)s2)cc(N2CCCN(C)CC2)n1. The lowest BCUT2D eigenvalue weighted by Gasteiger charge is -2.22. The number of aromatic nitrogens is 3. The molecule has 1 aliphatic rings. The molecule has 3 aromatic heterocycles. The van der Waals surface area contributed by atoms with E-state index in [0.717, 1.165) is 38.4 Å². The van der Waals surface area contributed by atoms with Gasteiger partial charge < -0.3 is 20.4 Å². The Morgan fingerprint density at radius 2 is 2.12 bits per heavy atom. The van der Waals surface area contributed by atoms with Gasteiger partial charge in [-0.15, -0.1) is 11.3 Å². The van der Waals surface area contributed by atoms with Crippen LogP contribution in [0.3, 0.4) is 0 Å². The molecule has 32 heavy (non-hydrogen) atoms. The molecule has 8 nitrogen and oxygen atoms in total. The zero-order valence-corrected chi connectivity index (χ0v) is 20.1. The Morgan fingerprint density at radius 1 is 1.28 bits per heavy atom. The summed E-state index contributed by atoms with van der Waals surface area (Å²) in [5, 5.41) is 7.97. The second-order valence-corrected chi connectivity index (χ2v) is 9.97. The molecule has 1 aliphatic heterocycles. The average molecular weight is 496 g/mol. The fourth-order valence-electron chi connectivity index (χ4n) is 3.37. The normalized spacial score (nSPS) is 14.9. The third-order valence-electron chi connectivity index (χ3n) is 5.04. The first-order valence-corrected chi connectivity index (χ1v) is 12.2. The molecule has 1 fully saturated rings. The standard InChI is InChI=1S/C20H23ClFN7OS2/c1-12-24-15(8-16(25-12)29-5-3-4-28(2)6-7-29)26-20-23-10-14(32-20)19(30)27-17-13(9-22)11-31-18(17)21/h8,10-11H,3-7,9H2,1-2H3,(H,27,30)(H,23,24,25,26). The molecule has 0 radical (unpaired) electrons. The van der Waals surface area contributed by atoms with Gasteiger partial charge in [0, 0.05) is 36.6 Å². The second-order valence-electron chi connectivity index (χ2n) is 7.45. The number of amides is 1. The summed E-state index contributed by atoms with van der Waals surface area (Å²) in [5.41, 5.74) is 0.672. The van der Waals surface area contributed by atoms with Crippen LogP contribution >= 0.6 is 34.3 Å². The maximum atomic E-state index is 13.1. The minimum atomic E-state index is -0.697. The molecule has 0 spiro atoms. The summed E-state index contributed by atoms with van der Waals surface area (Å²) >= 11 is 8.43. The number of alkyl halides is 1. The van der Waals surface area contributed by atoms with E-state index in [2.05, 4.69) is 42.4 Å². The lowest BCUT2D eigenvalue weighted by Crippen LogP contribution is -2.29. The molecule has 0 aromatic carbocycles. The van der Waals surface area contributed by atoms with Gasteiger partial charge in [-0.1, -0.05) is 22.9 Å². The van der Waals surface area contributed by atoms with Crippen molar-refractivity contribution >= 4 is 62.6 Å². The predicted molar refractivity (Wildman–Crippen MR) is 129 cm³/mol. The van der Waals surface area contributed by atoms with Crippen LogP contribution in [0.2, 0.25) is 4.34 Å². The number of rotatable bonds is 6. The highest BCUT2D eigenvalue weighted by molar-refractivity contribution is 7.17. The molecule has 3 aromatic rings. The smallest absolute Gasteiger partial charge is 0.267 e. The highest BCUT2D eigenvalue weighted by Crippen LogP contribution is 2.34. The average Bonchev–Trinajstić information content (AvgIpc) is 3.29. The van der Waals surface area contributed by atoms with E-state index in [1.807, 2.05) is 13.0 Å². The fourth-order valence-corrected chi connectivity index (χ4v) is 5.12. The third kappa shape index (κ3) is 5.34. The van der Waals surface area contributed by atoms with Gasteiger partial charge in [-0.2, -0.15) is 0 Å². The van der Waals surface area contributed by atoms with Gasteiger partial charge in [-0.25, -0.2) is 19.3 Å². The summed E-state index contributed by atoms with van der Waals surface area (Å²) in [6.07, 6.45) is 2.54. The predicted octanol–water partition coefficient (Wildman–Crippen LogP) is 4.56. The number of hydrogen-bond donors (Lipinski definition) is 2. The Labute approximate surface area is 198 Å². The summed E-state index contributed by atoms with van der Waals surface area (Å²) in [4.78, 5) is 30.9. The molecule has 0 aliphatic carbocycles. The Bertz CT molecular complexity index is 1110. The first kappa shape index (κ1) is 22.8. The summed E-state index contributed by atoms with van der Waals surface area (Å²) in [6.45, 7) is 5.05. The molecule has 1 saturated heterocycles. The van der Waals surface area contributed by atoms with Crippen LogP contribution in [-0.2, 0) is 6.67 Å². The van der Waals surface area contributed by atoms with Crippen LogP contribution in [0.5, 0.6) is 0 Å². The minimum Gasteiger partial charge on any atom is -0.355 e. The first-order chi connectivity index (χ1) is 15.4. The van der Waals surface area contributed by atoms with Crippen LogP contribution in [0, 0.1) is 6.92 Å². The monoisotopic (exact) mass is 495 g/mol. The number of anilines is 4. The number of aryl methyl sites for hydroxylation is 1. The summed E-state index contributed by atoms with van der Waals surface area (Å²) < 4.78 is 13.4. The number of nitrogens with one attached hydrogen (secondary N) is 2. The van der Waals surface area contributed by atoms with Crippen LogP contribution in [0.15, 0.2) is 17.6 Å². The van der Waals surface area contributed by atoms with Gasteiger partial charge in [0.25, 0.3) is 5.91 Å². The second kappa shape index (κ2) is 10.1. The molecule has 12 heteroatoms. The Morgan fingerprint density at radius 3 is 2.94 bits per heavy atom. The largest absolute Gasteiger partial charge is 0.355 e. The van der Waals surface area contributed by atoms with Crippen molar-refractivity contribution in [1.29, 1.82) is 0 Å². The molecule has 1 amide bonds. The summed E-state index contributed by atoms with van der Waals surface area (Å²) in [7, 11) is 2.13. The molecular formula is C20H23ClFN7OS2. The van der Waals surface area contributed by atoms with E-state index in [0.29, 0.717) is 37.2 Å². The number of likely N-dealkylation sites (N-methyl/N-ethyl adjacent to an activating group) is 1. The number of thiazole rings is 1. The van der Waals surface area contributed by atoms with Crippen molar-refractivity contribution in [2.75, 3.05) is 48.8 Å². The molecule has 0 unspecified atom stereocenters. The van der Waals surface area contributed by atoms with E-state index >= 15 is 0 Å². The molecule has 0 bridgehead atoms. The summed E-state index contributed by atoms with van der Waals surface area (Å²) in [5.74, 6) is 1.75. The number of carbonyl (C=O) groups excluding carboxylic acids is 1. The van der Waals surface area contributed by atoms with Crippen molar-refractivity contribution in [1.82, 2.24) is 19.9 Å². The van der Waals surface area contributed by atoms with Gasteiger partial charge in [0.2, 0.25) is 0 Å². The minimum absolute atomic E-state index is 0.311. The van der Waals surface area contributed by atoms with E-state index in [1.54, 1.807) is 5.38 Å². The van der Waals surface area contributed by atoms with Gasteiger partial charge in [0.05, 0.1) is 11.9 Å². The van der Waals surface area contributed by atoms with Crippen LogP contribution in [0.25, 0.3) is 0 Å². The molecule has 0 saturated carbocycles. The van der Waals surface area contributed by atoms with Crippen LogP contribution in [0.1, 0.15) is 27.5 Å². The van der Waals surface area contributed by atoms with Crippen molar-refractivity contribution in [3.63, 3.8) is 0 Å². The van der Waals surface area contributed by atoms with E-state index < -0.39 is 12.6 Å². The summed E-state index contributed by atoms with van der Waals surface area (Å²) in [6, 6.07) is 1.90. The highest BCUT2D eigenvalue weighted by Gasteiger charge is 2.18. The topological polar surface area (TPSA) is 86.3 Å². The van der Waals surface area contributed by atoms with E-state index in [-0.39, 0.29) is 0 Å². The van der Waals surface area contributed by atoms with E-state index in [4.69, 9.17) is 11.6 Å². The third-order valence-corrected chi connectivity index (χ3v) is 7.22. The van der Waals surface area contributed by atoms with Crippen LogP contribution < -0.4 is 15.5 Å². The lowest BCUT2D eigenvalue weighted by atomic mass is 10.3. The molecule has 2 N–H and O–H groups in total. The van der Waals surface area contributed by atoms with Crippen molar-refractivity contribution in [3.05, 3.63) is 38.2 Å². The quantitative estimate of drug-likeness (QED) is 0.518. The van der Waals surface area contributed by atoms with Crippen LogP contribution in [-0.4, -0.2) is 59.0 Å². The molecule has 0 atom stereocenters. The zero-order valence-electron chi connectivity index (χ0n) is 17.7.